The Bertz CT molecular complexity index is 321. The summed E-state index contributed by atoms with van der Waals surface area (Å²) in [4.78, 5) is 0. The van der Waals surface area contributed by atoms with E-state index in [1.165, 1.54) is 19.3 Å². The molecule has 16 heavy (non-hydrogen) atoms. The average Bonchev–Trinajstić information content (AvgIpc) is 2.24. The number of benzene rings is 1. The molecule has 1 unspecified atom stereocenters. The average molecular weight is 240 g/mol. The van der Waals surface area contributed by atoms with Crippen molar-refractivity contribution in [3.8, 4) is 0 Å². The van der Waals surface area contributed by atoms with Crippen LogP contribution in [0, 0.1) is 0 Å². The highest BCUT2D eigenvalue weighted by Crippen LogP contribution is 2.21. The lowest BCUT2D eigenvalue weighted by molar-refractivity contribution is 0.247. The highest BCUT2D eigenvalue weighted by molar-refractivity contribution is 6.30. The third-order valence-corrected chi connectivity index (χ3v) is 3.57. The van der Waals surface area contributed by atoms with Crippen molar-refractivity contribution in [3.05, 3.63) is 34.9 Å². The second-order valence-corrected chi connectivity index (χ2v) is 4.90. The maximum absolute atomic E-state index is 9.38. The van der Waals surface area contributed by atoms with Gasteiger partial charge in [-0.15, -0.1) is 0 Å². The third kappa shape index (κ3) is 2.97. The number of halogens is 1. The Labute approximate surface area is 102 Å². The smallest absolute Gasteiger partial charge is 0.0511 e. The normalized spacial score (nSPS) is 18.1. The second-order valence-electron chi connectivity index (χ2n) is 4.47. The summed E-state index contributed by atoms with van der Waals surface area (Å²) in [5.41, 5.74) is 1.15. The molecular weight excluding hydrogens is 222 g/mol. The first-order valence-electron chi connectivity index (χ1n) is 5.89. The molecule has 1 aliphatic carbocycles. The monoisotopic (exact) mass is 239 g/mol. The van der Waals surface area contributed by atoms with E-state index in [2.05, 4.69) is 5.32 Å². The molecule has 0 aliphatic heterocycles. The third-order valence-electron chi connectivity index (χ3n) is 3.32. The van der Waals surface area contributed by atoms with Gasteiger partial charge in [0.2, 0.25) is 0 Å². The summed E-state index contributed by atoms with van der Waals surface area (Å²) in [5.74, 6) is 0.179. The first-order chi connectivity index (χ1) is 7.79. The summed E-state index contributed by atoms with van der Waals surface area (Å²) in [6.45, 7) is 1.03. The van der Waals surface area contributed by atoms with E-state index in [1.807, 2.05) is 24.3 Å². The van der Waals surface area contributed by atoms with Crippen molar-refractivity contribution in [2.24, 2.45) is 0 Å². The zero-order chi connectivity index (χ0) is 11.4. The van der Waals surface area contributed by atoms with Gasteiger partial charge in [0.25, 0.3) is 0 Å². The minimum atomic E-state index is 0.179. The molecule has 0 bridgehead atoms. The lowest BCUT2D eigenvalue weighted by Gasteiger charge is -2.28. The van der Waals surface area contributed by atoms with Crippen molar-refractivity contribution in [2.75, 3.05) is 13.2 Å². The van der Waals surface area contributed by atoms with Crippen LogP contribution < -0.4 is 5.32 Å². The van der Waals surface area contributed by atoms with Crippen LogP contribution in [0.25, 0.3) is 0 Å². The van der Waals surface area contributed by atoms with Crippen LogP contribution in [0.5, 0.6) is 0 Å². The van der Waals surface area contributed by atoms with E-state index in [0.717, 1.165) is 17.1 Å². The molecule has 0 heterocycles. The maximum Gasteiger partial charge on any atom is 0.0511 e. The molecule has 1 saturated carbocycles. The van der Waals surface area contributed by atoms with Crippen molar-refractivity contribution in [1.82, 2.24) is 5.32 Å². The zero-order valence-electron chi connectivity index (χ0n) is 9.32. The molecule has 1 atom stereocenters. The number of rotatable bonds is 5. The predicted octanol–water partition coefficient (Wildman–Crippen LogP) is 2.56. The highest BCUT2D eigenvalue weighted by Gasteiger charge is 2.18. The van der Waals surface area contributed by atoms with Gasteiger partial charge in [0.05, 0.1) is 6.61 Å². The maximum atomic E-state index is 9.38. The van der Waals surface area contributed by atoms with Crippen LogP contribution in [0.2, 0.25) is 5.02 Å². The summed E-state index contributed by atoms with van der Waals surface area (Å²) in [6, 6.07) is 8.41. The molecule has 3 heteroatoms. The summed E-state index contributed by atoms with van der Waals surface area (Å²) in [5, 5.41) is 13.6. The minimum absolute atomic E-state index is 0.179. The predicted molar refractivity (Wildman–Crippen MR) is 66.9 cm³/mol. The molecule has 88 valence electrons. The Morgan fingerprint density at radius 2 is 2.00 bits per heavy atom. The van der Waals surface area contributed by atoms with Gasteiger partial charge < -0.3 is 10.4 Å². The van der Waals surface area contributed by atoms with E-state index >= 15 is 0 Å². The van der Waals surface area contributed by atoms with Crippen LogP contribution in [-0.2, 0) is 0 Å². The summed E-state index contributed by atoms with van der Waals surface area (Å²) in [6.07, 6.45) is 3.89. The van der Waals surface area contributed by atoms with Gasteiger partial charge in [-0.1, -0.05) is 30.2 Å². The van der Waals surface area contributed by atoms with Crippen molar-refractivity contribution >= 4 is 11.6 Å². The molecule has 1 fully saturated rings. The number of hydrogen-bond acceptors (Lipinski definition) is 2. The molecule has 1 aromatic rings. The molecule has 2 N–H and O–H groups in total. The molecule has 0 saturated heterocycles. The van der Waals surface area contributed by atoms with Crippen LogP contribution in [0.1, 0.15) is 30.7 Å². The SMILES string of the molecule is OCC(CNC1CCC1)c1ccc(Cl)cc1. The second kappa shape index (κ2) is 5.67. The lowest BCUT2D eigenvalue weighted by Crippen LogP contribution is -2.38. The Balaban J connectivity index is 1.90. The molecule has 1 aliphatic rings. The molecule has 2 nitrogen and oxygen atoms in total. The summed E-state index contributed by atoms with van der Waals surface area (Å²) < 4.78 is 0. The van der Waals surface area contributed by atoms with Crippen molar-refractivity contribution < 1.29 is 5.11 Å². The number of aliphatic hydroxyl groups excluding tert-OH is 1. The van der Waals surface area contributed by atoms with Crippen LogP contribution >= 0.6 is 11.6 Å². The molecule has 1 aromatic carbocycles. The van der Waals surface area contributed by atoms with Gasteiger partial charge in [-0.3, -0.25) is 0 Å². The van der Waals surface area contributed by atoms with E-state index in [1.54, 1.807) is 0 Å². The van der Waals surface area contributed by atoms with Crippen LogP contribution in [-0.4, -0.2) is 24.3 Å². The van der Waals surface area contributed by atoms with E-state index in [0.29, 0.717) is 6.04 Å². The van der Waals surface area contributed by atoms with Gasteiger partial charge in [-0.25, -0.2) is 0 Å². The highest BCUT2D eigenvalue weighted by atomic mass is 35.5. The molecule has 0 radical (unpaired) electrons. The van der Waals surface area contributed by atoms with E-state index in [4.69, 9.17) is 11.6 Å². The Hall–Kier alpha value is -0.570. The quantitative estimate of drug-likeness (QED) is 0.828. The summed E-state index contributed by atoms with van der Waals surface area (Å²) >= 11 is 5.84. The van der Waals surface area contributed by atoms with Crippen LogP contribution in [0.3, 0.4) is 0 Å². The fraction of sp³-hybridized carbons (Fsp3) is 0.538. The van der Waals surface area contributed by atoms with Crippen molar-refractivity contribution in [2.45, 2.75) is 31.2 Å². The van der Waals surface area contributed by atoms with E-state index in [9.17, 15) is 5.11 Å². The minimum Gasteiger partial charge on any atom is -0.396 e. The van der Waals surface area contributed by atoms with E-state index in [-0.39, 0.29) is 12.5 Å². The van der Waals surface area contributed by atoms with E-state index < -0.39 is 0 Å². The van der Waals surface area contributed by atoms with Gasteiger partial charge in [0.15, 0.2) is 0 Å². The van der Waals surface area contributed by atoms with Gasteiger partial charge >= 0.3 is 0 Å². The first-order valence-corrected chi connectivity index (χ1v) is 6.27. The zero-order valence-corrected chi connectivity index (χ0v) is 10.1. The lowest BCUT2D eigenvalue weighted by atomic mass is 9.92. The Kier molecular flexibility index (Phi) is 4.22. The van der Waals surface area contributed by atoms with Crippen molar-refractivity contribution in [3.63, 3.8) is 0 Å². The number of hydrogen-bond donors (Lipinski definition) is 2. The first kappa shape index (κ1) is 11.9. The van der Waals surface area contributed by atoms with Gasteiger partial charge in [-0.05, 0) is 30.5 Å². The summed E-state index contributed by atoms with van der Waals surface area (Å²) in [7, 11) is 0. The molecule has 0 amide bonds. The fourth-order valence-corrected chi connectivity index (χ4v) is 2.07. The van der Waals surface area contributed by atoms with Gasteiger partial charge in [-0.2, -0.15) is 0 Å². The fourth-order valence-electron chi connectivity index (χ4n) is 1.94. The van der Waals surface area contributed by atoms with Crippen LogP contribution in [0.4, 0.5) is 0 Å². The topological polar surface area (TPSA) is 32.3 Å². The van der Waals surface area contributed by atoms with Crippen molar-refractivity contribution in [1.29, 1.82) is 0 Å². The molecule has 0 aromatic heterocycles. The Morgan fingerprint density at radius 3 is 2.50 bits per heavy atom. The molecule has 2 rings (SSSR count). The van der Waals surface area contributed by atoms with Crippen LogP contribution in [0.15, 0.2) is 24.3 Å². The van der Waals surface area contributed by atoms with Gasteiger partial charge in [0.1, 0.15) is 0 Å². The molecular formula is C13H18ClNO. The van der Waals surface area contributed by atoms with Gasteiger partial charge in [0, 0.05) is 23.5 Å². The largest absolute Gasteiger partial charge is 0.396 e. The standard InChI is InChI=1S/C13H18ClNO/c14-12-6-4-10(5-7-12)11(9-16)8-15-13-2-1-3-13/h4-7,11,13,15-16H,1-3,8-9H2. The Morgan fingerprint density at radius 1 is 1.31 bits per heavy atom. The molecule has 0 spiro atoms. The number of nitrogens with one attached hydrogen (secondary N) is 1. The number of aliphatic hydroxyl groups is 1.